The van der Waals surface area contributed by atoms with Crippen LogP contribution < -0.4 is 4.74 Å². The Morgan fingerprint density at radius 1 is 0.830 bits per heavy atom. The van der Waals surface area contributed by atoms with Crippen LogP contribution in [0.5, 0.6) is 5.75 Å². The largest absolute Gasteiger partial charge is 0.487 e. The number of rotatable bonds is 7. The molecule has 0 unspecified atom stereocenters. The normalized spacial score (nSPS) is 15.6. The molecule has 3 aromatic carbocycles. The fourth-order valence-electron chi connectivity index (χ4n) is 5.96. The van der Waals surface area contributed by atoms with Gasteiger partial charge in [-0.2, -0.15) is 0 Å². The summed E-state index contributed by atoms with van der Waals surface area (Å²) in [6, 6.07) is 18.4. The van der Waals surface area contributed by atoms with E-state index in [1.165, 1.54) is 4.90 Å². The number of benzene rings is 3. The molecule has 0 radical (unpaired) electrons. The van der Waals surface area contributed by atoms with Crippen LogP contribution in [0.3, 0.4) is 0 Å². The van der Waals surface area contributed by atoms with E-state index in [0.29, 0.717) is 30.5 Å². The molecule has 2 aliphatic heterocycles. The molecule has 47 heavy (non-hydrogen) atoms. The Labute approximate surface area is 267 Å². The van der Waals surface area contributed by atoms with Crippen molar-refractivity contribution in [3.63, 3.8) is 0 Å². The van der Waals surface area contributed by atoms with Gasteiger partial charge in [0, 0.05) is 32.1 Å². The fourth-order valence-corrected chi connectivity index (χ4v) is 7.38. The van der Waals surface area contributed by atoms with Gasteiger partial charge in [0.05, 0.1) is 22.8 Å². The lowest BCUT2D eigenvalue weighted by atomic mass is 9.82. The number of aromatic nitrogens is 1. The van der Waals surface area contributed by atoms with Crippen LogP contribution in [0.1, 0.15) is 41.6 Å². The van der Waals surface area contributed by atoms with Crippen molar-refractivity contribution >= 4 is 15.9 Å². The van der Waals surface area contributed by atoms with Gasteiger partial charge in [0.25, 0.3) is 0 Å². The van der Waals surface area contributed by atoms with E-state index in [0.717, 1.165) is 28.9 Å². The lowest BCUT2D eigenvalue weighted by molar-refractivity contribution is -0.0152. The molecule has 6 rings (SSSR count). The fraction of sp³-hybridized carbons (Fsp3) is 0.294. The van der Waals surface area contributed by atoms with Crippen LogP contribution in [0.25, 0.3) is 11.1 Å². The number of hydrogen-bond donors (Lipinski definition) is 0. The Morgan fingerprint density at radius 2 is 1.49 bits per heavy atom. The highest BCUT2D eigenvalue weighted by molar-refractivity contribution is 7.89. The summed E-state index contributed by atoms with van der Waals surface area (Å²) >= 11 is 0. The predicted molar refractivity (Wildman–Crippen MR) is 161 cm³/mol. The summed E-state index contributed by atoms with van der Waals surface area (Å²) < 4.78 is 105. The minimum Gasteiger partial charge on any atom is -0.487 e. The number of fused-ring (bicyclic) bond motifs is 1. The van der Waals surface area contributed by atoms with Gasteiger partial charge in [-0.15, -0.1) is 0 Å². The van der Waals surface area contributed by atoms with E-state index in [1.54, 1.807) is 36.5 Å². The molecule has 4 aromatic rings. The van der Waals surface area contributed by atoms with Crippen molar-refractivity contribution in [3.8, 4) is 16.9 Å². The molecule has 0 aliphatic carbocycles. The van der Waals surface area contributed by atoms with Gasteiger partial charge in [-0.1, -0.05) is 36.4 Å². The number of ether oxygens (including phenoxy) is 2. The van der Waals surface area contributed by atoms with Crippen molar-refractivity contribution in [2.24, 2.45) is 0 Å². The number of carbonyl (C=O) groups excluding carboxylic acids is 1. The summed E-state index contributed by atoms with van der Waals surface area (Å²) in [5.74, 6) is -10.1. The number of hydrogen-bond acceptors (Lipinski definition) is 6. The first-order valence-electron chi connectivity index (χ1n) is 14.9. The molecule has 3 heterocycles. The van der Waals surface area contributed by atoms with Gasteiger partial charge in [-0.05, 0) is 59.4 Å². The van der Waals surface area contributed by atoms with Crippen LogP contribution >= 0.6 is 0 Å². The maximum absolute atomic E-state index is 13.9. The molecule has 1 spiro atoms. The highest BCUT2D eigenvalue weighted by Gasteiger charge is 2.41. The minimum atomic E-state index is -3.39. The second-order valence-electron chi connectivity index (χ2n) is 11.7. The Kier molecular flexibility index (Phi) is 8.93. The molecule has 1 saturated heterocycles. The monoisotopic (exact) mass is 672 g/mol. The van der Waals surface area contributed by atoms with E-state index in [9.17, 15) is 35.2 Å². The molecular formula is C34H29F5N2O5S. The van der Waals surface area contributed by atoms with E-state index in [1.807, 2.05) is 30.3 Å². The number of piperidine rings is 1. The first kappa shape index (κ1) is 32.4. The zero-order valence-corrected chi connectivity index (χ0v) is 25.8. The number of sulfone groups is 1. The third-order valence-electron chi connectivity index (χ3n) is 8.58. The van der Waals surface area contributed by atoms with Gasteiger partial charge in [0.1, 0.15) is 18.0 Å². The molecule has 0 atom stereocenters. The number of carbonyl (C=O) groups is 1. The number of halogens is 5. The van der Waals surface area contributed by atoms with Crippen molar-refractivity contribution in [2.75, 3.05) is 13.1 Å². The van der Waals surface area contributed by atoms with Gasteiger partial charge in [-0.25, -0.2) is 35.2 Å². The molecule has 0 saturated carbocycles. The lowest BCUT2D eigenvalue weighted by Gasteiger charge is -2.44. The molecule has 1 amide bonds. The number of pyridine rings is 1. The summed E-state index contributed by atoms with van der Waals surface area (Å²) in [4.78, 5) is 18.0. The van der Waals surface area contributed by atoms with Gasteiger partial charge in [-0.3, -0.25) is 4.98 Å². The Balaban J connectivity index is 1.04. The minimum absolute atomic E-state index is 0.0928. The third-order valence-corrected chi connectivity index (χ3v) is 10.1. The average molecular weight is 673 g/mol. The summed E-state index contributed by atoms with van der Waals surface area (Å²) in [6.07, 6.45) is 2.95. The van der Waals surface area contributed by atoms with Crippen molar-refractivity contribution in [3.05, 3.63) is 118 Å². The van der Waals surface area contributed by atoms with Crippen LogP contribution in [0.4, 0.5) is 26.7 Å². The second kappa shape index (κ2) is 12.9. The van der Waals surface area contributed by atoms with Gasteiger partial charge in [0.2, 0.25) is 5.82 Å². The standard InChI is InChI=1S/C34H29F5N2O5S/c35-28-26(29(36)31(38)32(39)30(28)37)18-45-33(42)41-15-12-34(13-16-41)11-10-24-17-23(8-9-27(24)46-34)22-6-4-21(5-7-22)19-47(43,44)20-25-3-1-2-14-40-25/h1-9,14,17H,10-13,15-16,18-20H2. The topological polar surface area (TPSA) is 85.8 Å². The van der Waals surface area contributed by atoms with Crippen molar-refractivity contribution < 1.29 is 44.6 Å². The molecule has 0 N–H and O–H groups in total. The number of aryl methyl sites for hydroxylation is 1. The zero-order chi connectivity index (χ0) is 33.3. The Hall–Kier alpha value is -4.52. The van der Waals surface area contributed by atoms with Crippen LogP contribution in [-0.4, -0.2) is 43.1 Å². The molecule has 2 aliphatic rings. The smallest absolute Gasteiger partial charge is 0.410 e. The number of amides is 1. The maximum atomic E-state index is 13.9. The Morgan fingerprint density at radius 3 is 2.15 bits per heavy atom. The van der Waals surface area contributed by atoms with E-state index in [2.05, 4.69) is 4.98 Å². The van der Waals surface area contributed by atoms with Crippen molar-refractivity contribution in [1.82, 2.24) is 9.88 Å². The number of likely N-dealkylation sites (tertiary alicyclic amines) is 1. The zero-order valence-electron chi connectivity index (χ0n) is 24.9. The molecule has 1 aromatic heterocycles. The SMILES string of the molecule is O=C(OCc1c(F)c(F)c(F)c(F)c1F)N1CCC2(CCc3cc(-c4ccc(CS(=O)(=O)Cc5ccccn5)cc4)ccc3O2)CC1. The Bertz CT molecular complexity index is 1890. The quantitative estimate of drug-likeness (QED) is 0.119. The highest BCUT2D eigenvalue weighted by atomic mass is 32.2. The van der Waals surface area contributed by atoms with E-state index in [4.69, 9.17) is 9.47 Å². The molecule has 0 bridgehead atoms. The lowest BCUT2D eigenvalue weighted by Crippen LogP contribution is -2.51. The van der Waals surface area contributed by atoms with Crippen molar-refractivity contribution in [1.29, 1.82) is 0 Å². The predicted octanol–water partition coefficient (Wildman–Crippen LogP) is 7.06. The van der Waals surface area contributed by atoms with Crippen LogP contribution in [0, 0.1) is 29.1 Å². The highest BCUT2D eigenvalue weighted by Crippen LogP contribution is 2.41. The van der Waals surface area contributed by atoms with E-state index < -0.39 is 62.8 Å². The first-order valence-corrected chi connectivity index (χ1v) is 16.7. The van der Waals surface area contributed by atoms with E-state index in [-0.39, 0.29) is 24.6 Å². The number of nitrogens with zero attached hydrogens (tertiary/aromatic N) is 2. The second-order valence-corrected chi connectivity index (χ2v) is 13.8. The molecule has 13 heteroatoms. The average Bonchev–Trinajstić information content (AvgIpc) is 3.07. The summed E-state index contributed by atoms with van der Waals surface area (Å²) in [6.45, 7) is -0.674. The van der Waals surface area contributed by atoms with Crippen LogP contribution in [-0.2, 0) is 39.1 Å². The third kappa shape index (κ3) is 6.95. The summed E-state index contributed by atoms with van der Waals surface area (Å²) in [7, 11) is -3.39. The molecule has 7 nitrogen and oxygen atoms in total. The van der Waals surface area contributed by atoms with Crippen molar-refractivity contribution in [2.45, 2.75) is 49.4 Å². The molecular weight excluding hydrogens is 643 g/mol. The molecule has 1 fully saturated rings. The molecule has 246 valence electrons. The van der Waals surface area contributed by atoms with Gasteiger partial charge >= 0.3 is 6.09 Å². The van der Waals surface area contributed by atoms with Gasteiger partial charge in [0.15, 0.2) is 33.1 Å². The summed E-state index contributed by atoms with van der Waals surface area (Å²) in [5.41, 5.74) is 2.34. The van der Waals surface area contributed by atoms with Gasteiger partial charge < -0.3 is 14.4 Å². The summed E-state index contributed by atoms with van der Waals surface area (Å²) in [5, 5.41) is 0. The van der Waals surface area contributed by atoms with Crippen LogP contribution in [0.2, 0.25) is 0 Å². The maximum Gasteiger partial charge on any atom is 0.410 e. The van der Waals surface area contributed by atoms with E-state index >= 15 is 0 Å². The first-order chi connectivity index (χ1) is 22.4. The van der Waals surface area contributed by atoms with Crippen LogP contribution in [0.15, 0.2) is 66.9 Å².